The zero-order valence-electron chi connectivity index (χ0n) is 33.2. The van der Waals surface area contributed by atoms with E-state index in [4.69, 9.17) is 4.98 Å². The molecule has 0 fully saturated rings. The number of hydrogen-bond donors (Lipinski definition) is 0. The Morgan fingerprint density at radius 1 is 0.500 bits per heavy atom. The van der Waals surface area contributed by atoms with Gasteiger partial charge in [0.15, 0.2) is 0 Å². The number of benzene rings is 8. The van der Waals surface area contributed by atoms with Gasteiger partial charge in [-0.05, 0) is 46.2 Å². The van der Waals surface area contributed by atoms with Gasteiger partial charge in [0, 0.05) is 66.4 Å². The summed E-state index contributed by atoms with van der Waals surface area (Å²) < 4.78 is 2.25. The fourth-order valence-electron chi connectivity index (χ4n) is 8.88. The van der Waals surface area contributed by atoms with E-state index in [0.29, 0.717) is 0 Å². The first kappa shape index (κ1) is 37.7. The molecule has 11 rings (SSSR count). The molecular weight excluding hydrogens is 928 g/mol. The van der Waals surface area contributed by atoms with E-state index in [2.05, 4.69) is 222 Å². The summed E-state index contributed by atoms with van der Waals surface area (Å²) in [5.41, 5.74) is 11.3. The molecule has 1 aliphatic heterocycles. The molecule has 10 aromatic rings. The SMILES string of the molecule is C[Si](C)(c1[c-]c(N2[CH-]N(c3c(-c4ccccc4)cccc3-c3ccccc3)c3c2ccc2ccccc32)ccc1)c1[c-]c2c(cc1)c1ccccc1n2-c1ccccn1.[Pt]. The number of pyridine rings is 1. The molecule has 3 heterocycles. The third kappa shape index (κ3) is 6.20. The van der Waals surface area contributed by atoms with E-state index in [1.54, 1.807) is 0 Å². The summed E-state index contributed by atoms with van der Waals surface area (Å²) in [5, 5.41) is 7.22. The maximum Gasteiger partial charge on any atom is 0.135 e. The van der Waals surface area contributed by atoms with Crippen molar-refractivity contribution in [2.45, 2.75) is 13.1 Å². The van der Waals surface area contributed by atoms with Crippen LogP contribution < -0.4 is 20.2 Å². The van der Waals surface area contributed by atoms with Crippen molar-refractivity contribution in [2.24, 2.45) is 0 Å². The average Bonchev–Trinajstić information content (AvgIpc) is 3.86. The van der Waals surface area contributed by atoms with E-state index < -0.39 is 8.07 Å². The van der Waals surface area contributed by atoms with E-state index >= 15 is 0 Å². The Morgan fingerprint density at radius 2 is 1.15 bits per heavy atom. The van der Waals surface area contributed by atoms with Crippen molar-refractivity contribution < 1.29 is 21.1 Å². The molecule has 8 aromatic carbocycles. The number of para-hydroxylation sites is 2. The van der Waals surface area contributed by atoms with Crippen LogP contribution in [0.25, 0.3) is 60.6 Å². The molecular formula is C54H39N4PtSi-3. The zero-order valence-corrected chi connectivity index (χ0v) is 36.4. The predicted octanol–water partition coefficient (Wildman–Crippen LogP) is 12.5. The maximum atomic E-state index is 4.77. The summed E-state index contributed by atoms with van der Waals surface area (Å²) >= 11 is 0. The monoisotopic (exact) mass is 966 g/mol. The van der Waals surface area contributed by atoms with Gasteiger partial charge in [0.25, 0.3) is 0 Å². The smallest absolute Gasteiger partial charge is 0.135 e. The molecule has 0 bridgehead atoms. The standard InChI is InChI=1S/C54H39N4Si.Pt/c1-59(2,43-31-32-48-47-25-11-12-28-49(47)58(51(48)36-43)52-29-13-14-34-55-52)42-23-15-22-41(35-42)56-37-57(54-46-24-10-9-21-40(46)30-33-50(54)56)53-44(38-17-5-3-6-18-38)26-16-27-45(53)39-19-7-4-8-20-39;/h3-34,37H,1-2H3;/q-3;. The topological polar surface area (TPSA) is 24.3 Å². The van der Waals surface area contributed by atoms with Crippen molar-refractivity contribution in [2.75, 3.05) is 9.80 Å². The molecule has 0 radical (unpaired) electrons. The van der Waals surface area contributed by atoms with Gasteiger partial charge in [-0.25, -0.2) is 4.98 Å². The van der Waals surface area contributed by atoms with Gasteiger partial charge in [-0.3, -0.25) is 0 Å². The molecule has 6 heteroatoms. The first-order valence-electron chi connectivity index (χ1n) is 20.1. The molecule has 0 unspecified atom stereocenters. The average molecular weight is 967 g/mol. The molecule has 0 spiro atoms. The van der Waals surface area contributed by atoms with Gasteiger partial charge in [0.05, 0.1) is 8.07 Å². The van der Waals surface area contributed by atoms with E-state index in [0.717, 1.165) is 39.6 Å². The number of anilines is 4. The zero-order chi connectivity index (χ0) is 39.5. The summed E-state index contributed by atoms with van der Waals surface area (Å²) in [4.78, 5) is 9.52. The minimum absolute atomic E-state index is 0. The number of rotatable bonds is 7. The molecule has 60 heavy (non-hydrogen) atoms. The third-order valence-corrected chi connectivity index (χ3v) is 15.2. The van der Waals surface area contributed by atoms with Crippen LogP contribution in [-0.2, 0) is 21.1 Å². The van der Waals surface area contributed by atoms with Gasteiger partial charge in [-0.1, -0.05) is 152 Å². The number of hydrogen-bond acceptors (Lipinski definition) is 3. The molecule has 1 aliphatic rings. The molecule has 0 N–H and O–H groups in total. The summed E-state index contributed by atoms with van der Waals surface area (Å²) in [6, 6.07) is 75.2. The normalized spacial score (nSPS) is 12.6. The van der Waals surface area contributed by atoms with E-state index in [9.17, 15) is 0 Å². The second-order valence-electron chi connectivity index (χ2n) is 15.7. The molecule has 0 atom stereocenters. The Labute approximate surface area is 366 Å². The first-order chi connectivity index (χ1) is 29.0. The van der Waals surface area contributed by atoms with Crippen LogP contribution in [0.4, 0.5) is 22.7 Å². The van der Waals surface area contributed by atoms with Crippen LogP contribution in [-0.4, -0.2) is 17.6 Å². The van der Waals surface area contributed by atoms with Crippen molar-refractivity contribution >= 4 is 73.8 Å². The summed E-state index contributed by atoms with van der Waals surface area (Å²) in [5.74, 6) is 0.893. The van der Waals surface area contributed by atoms with Crippen molar-refractivity contribution in [1.82, 2.24) is 9.55 Å². The molecule has 0 saturated heterocycles. The Kier molecular flexibility index (Phi) is 9.59. The van der Waals surface area contributed by atoms with E-state index in [1.807, 2.05) is 18.3 Å². The molecule has 292 valence electrons. The fraction of sp³-hybridized carbons (Fsp3) is 0.0370. The molecule has 0 saturated carbocycles. The van der Waals surface area contributed by atoms with E-state index in [1.165, 1.54) is 54.2 Å². The number of fused-ring (bicyclic) bond motifs is 6. The van der Waals surface area contributed by atoms with Crippen LogP contribution in [0.3, 0.4) is 0 Å². The van der Waals surface area contributed by atoms with E-state index in [-0.39, 0.29) is 21.1 Å². The van der Waals surface area contributed by atoms with Crippen LogP contribution in [0.5, 0.6) is 0 Å². The fourth-order valence-corrected chi connectivity index (χ4v) is 11.1. The predicted molar refractivity (Wildman–Crippen MR) is 249 cm³/mol. The van der Waals surface area contributed by atoms with Crippen LogP contribution in [0, 0.1) is 18.8 Å². The minimum Gasteiger partial charge on any atom is -0.493 e. The van der Waals surface area contributed by atoms with Crippen LogP contribution in [0.1, 0.15) is 0 Å². The van der Waals surface area contributed by atoms with Crippen LogP contribution in [0.2, 0.25) is 13.1 Å². The second kappa shape index (κ2) is 15.3. The number of nitrogens with zero attached hydrogens (tertiary/aromatic N) is 4. The molecule has 0 amide bonds. The van der Waals surface area contributed by atoms with Crippen molar-refractivity contribution in [3.05, 3.63) is 213 Å². The minimum atomic E-state index is -2.35. The van der Waals surface area contributed by atoms with Gasteiger partial charge in [0.1, 0.15) is 5.82 Å². The van der Waals surface area contributed by atoms with Gasteiger partial charge in [-0.15, -0.1) is 17.7 Å². The van der Waals surface area contributed by atoms with Gasteiger partial charge < -0.3 is 14.4 Å². The molecule has 2 aromatic heterocycles. The Hall–Kier alpha value is -6.52. The van der Waals surface area contributed by atoms with Crippen molar-refractivity contribution in [3.8, 4) is 28.1 Å². The second-order valence-corrected chi connectivity index (χ2v) is 20.0. The van der Waals surface area contributed by atoms with Crippen molar-refractivity contribution in [1.29, 1.82) is 0 Å². The largest absolute Gasteiger partial charge is 0.493 e. The van der Waals surface area contributed by atoms with Crippen molar-refractivity contribution in [3.63, 3.8) is 0 Å². The summed E-state index contributed by atoms with van der Waals surface area (Å²) in [6.07, 6.45) is 1.86. The third-order valence-electron chi connectivity index (χ3n) is 11.9. The van der Waals surface area contributed by atoms with Gasteiger partial charge >= 0.3 is 0 Å². The van der Waals surface area contributed by atoms with Gasteiger partial charge in [-0.2, -0.15) is 52.8 Å². The van der Waals surface area contributed by atoms with Gasteiger partial charge in [0.2, 0.25) is 0 Å². The quantitative estimate of drug-likeness (QED) is 0.117. The molecule has 0 aliphatic carbocycles. The first-order valence-corrected chi connectivity index (χ1v) is 23.1. The molecule has 4 nitrogen and oxygen atoms in total. The van der Waals surface area contributed by atoms with Crippen LogP contribution in [0.15, 0.2) is 194 Å². The number of aromatic nitrogens is 2. The Balaban J connectivity index is 0.00000433. The summed E-state index contributed by atoms with van der Waals surface area (Å²) in [6.45, 7) is 7.11. The van der Waals surface area contributed by atoms with Crippen LogP contribution >= 0.6 is 0 Å². The summed E-state index contributed by atoms with van der Waals surface area (Å²) in [7, 11) is -2.35. The Bertz CT molecular complexity index is 3120. The maximum absolute atomic E-state index is 4.77. The Morgan fingerprint density at radius 3 is 1.88 bits per heavy atom.